The Morgan fingerprint density at radius 3 is 2.38 bits per heavy atom. The van der Waals surface area contributed by atoms with Crippen LogP contribution in [0.1, 0.15) is 65.2 Å². The maximum Gasteiger partial charge on any atom is 0.314 e. The van der Waals surface area contributed by atoms with Gasteiger partial charge in [0, 0.05) is 19.5 Å². The molecular weight excluding hydrogens is 268 g/mol. The van der Waals surface area contributed by atoms with E-state index in [-0.39, 0.29) is 12.5 Å². The Morgan fingerprint density at radius 2 is 1.90 bits per heavy atom. The zero-order valence-electron chi connectivity index (χ0n) is 13.4. The molecule has 3 N–H and O–H groups in total. The topological polar surface area (TPSA) is 78.4 Å². The van der Waals surface area contributed by atoms with Gasteiger partial charge in [0.1, 0.15) is 0 Å². The van der Waals surface area contributed by atoms with Gasteiger partial charge in [-0.25, -0.2) is 4.79 Å². The Balaban J connectivity index is 2.13. The lowest BCUT2D eigenvalue weighted by molar-refractivity contribution is -0.137. The maximum atomic E-state index is 11.8. The number of amides is 2. The van der Waals surface area contributed by atoms with Gasteiger partial charge in [-0.2, -0.15) is 0 Å². The van der Waals surface area contributed by atoms with Crippen molar-refractivity contribution in [2.75, 3.05) is 13.1 Å². The normalized spacial score (nSPS) is 17.6. The van der Waals surface area contributed by atoms with Crippen LogP contribution in [0.5, 0.6) is 0 Å². The van der Waals surface area contributed by atoms with Crippen molar-refractivity contribution in [1.29, 1.82) is 0 Å². The highest BCUT2D eigenvalue weighted by Gasteiger charge is 2.35. The van der Waals surface area contributed by atoms with E-state index in [1.54, 1.807) is 0 Å². The lowest BCUT2D eigenvalue weighted by Gasteiger charge is -2.41. The number of hydrogen-bond acceptors (Lipinski definition) is 2. The summed E-state index contributed by atoms with van der Waals surface area (Å²) in [6.07, 6.45) is 7.54. The number of carboxylic acids is 1. The van der Waals surface area contributed by atoms with Crippen molar-refractivity contribution < 1.29 is 14.7 Å². The molecule has 1 unspecified atom stereocenters. The summed E-state index contributed by atoms with van der Waals surface area (Å²) in [5.74, 6) is -0.375. The van der Waals surface area contributed by atoms with E-state index in [1.807, 2.05) is 0 Å². The third-order valence-corrected chi connectivity index (χ3v) is 4.97. The average Bonchev–Trinajstić information content (AvgIpc) is 2.41. The summed E-state index contributed by atoms with van der Waals surface area (Å²) in [6.45, 7) is 5.63. The molecule has 0 spiro atoms. The number of urea groups is 1. The molecule has 1 saturated carbocycles. The zero-order valence-corrected chi connectivity index (χ0v) is 13.4. The van der Waals surface area contributed by atoms with Crippen molar-refractivity contribution in [3.05, 3.63) is 0 Å². The Bertz CT molecular complexity index is 335. The predicted octanol–water partition coefficient (Wildman–Crippen LogP) is 3.15. The van der Waals surface area contributed by atoms with Gasteiger partial charge in [0.25, 0.3) is 0 Å². The molecule has 0 heterocycles. The molecule has 2 amide bonds. The minimum absolute atomic E-state index is 0.0946. The molecule has 122 valence electrons. The zero-order chi connectivity index (χ0) is 15.7. The van der Waals surface area contributed by atoms with E-state index in [2.05, 4.69) is 24.5 Å². The standard InChI is InChI=1S/C16H30N2O3/c1-3-13(6-7-14(19)20)8-11-17-15(21)18-12-16(4-2)9-5-10-16/h13H,3-12H2,1-2H3,(H,19,20)(H2,17,18,21). The first-order chi connectivity index (χ1) is 10.0. The number of carbonyl (C=O) groups is 2. The second kappa shape index (κ2) is 8.90. The monoisotopic (exact) mass is 298 g/mol. The molecule has 5 nitrogen and oxygen atoms in total. The molecule has 0 aromatic carbocycles. The smallest absolute Gasteiger partial charge is 0.314 e. The van der Waals surface area contributed by atoms with Crippen molar-refractivity contribution >= 4 is 12.0 Å². The van der Waals surface area contributed by atoms with Crippen LogP contribution in [-0.2, 0) is 4.79 Å². The van der Waals surface area contributed by atoms with Gasteiger partial charge in [-0.3, -0.25) is 4.79 Å². The fourth-order valence-corrected chi connectivity index (χ4v) is 2.93. The van der Waals surface area contributed by atoms with Crippen LogP contribution in [0, 0.1) is 11.3 Å². The van der Waals surface area contributed by atoms with Gasteiger partial charge < -0.3 is 15.7 Å². The number of carbonyl (C=O) groups excluding carboxylic acids is 1. The highest BCUT2D eigenvalue weighted by Crippen LogP contribution is 2.42. The summed E-state index contributed by atoms with van der Waals surface area (Å²) in [4.78, 5) is 22.3. The van der Waals surface area contributed by atoms with Gasteiger partial charge >= 0.3 is 12.0 Å². The van der Waals surface area contributed by atoms with Crippen LogP contribution in [0.15, 0.2) is 0 Å². The molecule has 5 heteroatoms. The van der Waals surface area contributed by atoms with Gasteiger partial charge in [0.05, 0.1) is 0 Å². The van der Waals surface area contributed by atoms with Crippen molar-refractivity contribution in [2.24, 2.45) is 11.3 Å². The highest BCUT2D eigenvalue weighted by molar-refractivity contribution is 5.73. The Labute approximate surface area is 127 Å². The molecule has 1 aliphatic rings. The number of nitrogens with one attached hydrogen (secondary N) is 2. The van der Waals surface area contributed by atoms with Gasteiger partial charge in [0.15, 0.2) is 0 Å². The van der Waals surface area contributed by atoms with Gasteiger partial charge in [-0.05, 0) is 43.4 Å². The van der Waals surface area contributed by atoms with Crippen molar-refractivity contribution in [2.45, 2.75) is 65.2 Å². The third-order valence-electron chi connectivity index (χ3n) is 4.97. The summed E-state index contributed by atoms with van der Waals surface area (Å²) >= 11 is 0. The minimum atomic E-state index is -0.746. The predicted molar refractivity (Wildman–Crippen MR) is 83.2 cm³/mol. The van der Waals surface area contributed by atoms with Crippen LogP contribution < -0.4 is 10.6 Å². The van der Waals surface area contributed by atoms with E-state index >= 15 is 0 Å². The van der Waals surface area contributed by atoms with E-state index in [0.29, 0.717) is 24.3 Å². The lowest BCUT2D eigenvalue weighted by atomic mass is 9.67. The second-order valence-electron chi connectivity index (χ2n) is 6.31. The molecule has 0 aromatic rings. The van der Waals surface area contributed by atoms with Crippen LogP contribution in [0.2, 0.25) is 0 Å². The Hall–Kier alpha value is -1.26. The fraction of sp³-hybridized carbons (Fsp3) is 0.875. The number of hydrogen-bond donors (Lipinski definition) is 3. The summed E-state index contributed by atoms with van der Waals surface area (Å²) in [6, 6.07) is -0.0946. The number of rotatable bonds is 10. The largest absolute Gasteiger partial charge is 0.481 e. The van der Waals surface area contributed by atoms with Gasteiger partial charge in [-0.1, -0.05) is 26.7 Å². The second-order valence-corrected chi connectivity index (χ2v) is 6.31. The molecule has 0 aromatic heterocycles. The molecule has 1 rings (SSSR count). The summed E-state index contributed by atoms with van der Waals surface area (Å²) in [5.41, 5.74) is 0.338. The van der Waals surface area contributed by atoms with E-state index in [9.17, 15) is 9.59 Å². The molecule has 1 atom stereocenters. The van der Waals surface area contributed by atoms with E-state index in [4.69, 9.17) is 5.11 Å². The summed E-state index contributed by atoms with van der Waals surface area (Å²) in [7, 11) is 0. The van der Waals surface area contributed by atoms with Crippen LogP contribution in [0.25, 0.3) is 0 Å². The molecule has 0 bridgehead atoms. The molecule has 1 fully saturated rings. The molecular formula is C16H30N2O3. The van der Waals surface area contributed by atoms with Gasteiger partial charge in [0.2, 0.25) is 0 Å². The number of aliphatic carboxylic acids is 1. The van der Waals surface area contributed by atoms with Crippen LogP contribution >= 0.6 is 0 Å². The molecule has 21 heavy (non-hydrogen) atoms. The Morgan fingerprint density at radius 1 is 1.19 bits per heavy atom. The Kier molecular flexibility index (Phi) is 7.54. The fourth-order valence-electron chi connectivity index (χ4n) is 2.93. The first-order valence-electron chi connectivity index (χ1n) is 8.25. The average molecular weight is 298 g/mol. The minimum Gasteiger partial charge on any atom is -0.481 e. The first kappa shape index (κ1) is 17.8. The SMILES string of the molecule is CCC(CCNC(=O)NCC1(CC)CCC1)CCC(=O)O. The molecule has 0 aliphatic heterocycles. The van der Waals surface area contributed by atoms with Crippen molar-refractivity contribution in [3.8, 4) is 0 Å². The molecule has 0 radical (unpaired) electrons. The van der Waals surface area contributed by atoms with Crippen molar-refractivity contribution in [1.82, 2.24) is 10.6 Å². The highest BCUT2D eigenvalue weighted by atomic mass is 16.4. The molecule has 0 saturated heterocycles. The summed E-state index contributed by atoms with van der Waals surface area (Å²) in [5, 5.41) is 14.5. The van der Waals surface area contributed by atoms with Crippen LogP contribution in [-0.4, -0.2) is 30.2 Å². The van der Waals surface area contributed by atoms with E-state index in [0.717, 1.165) is 25.8 Å². The van der Waals surface area contributed by atoms with Crippen molar-refractivity contribution in [3.63, 3.8) is 0 Å². The van der Waals surface area contributed by atoms with Crippen LogP contribution in [0.4, 0.5) is 4.79 Å². The maximum absolute atomic E-state index is 11.8. The molecule has 1 aliphatic carbocycles. The third kappa shape index (κ3) is 6.36. The lowest BCUT2D eigenvalue weighted by Crippen LogP contribution is -2.45. The quantitative estimate of drug-likeness (QED) is 0.579. The van der Waals surface area contributed by atoms with E-state index in [1.165, 1.54) is 19.3 Å². The number of carboxylic acid groups (broad SMARTS) is 1. The van der Waals surface area contributed by atoms with Crippen LogP contribution in [0.3, 0.4) is 0 Å². The first-order valence-corrected chi connectivity index (χ1v) is 8.25. The summed E-state index contributed by atoms with van der Waals surface area (Å²) < 4.78 is 0. The van der Waals surface area contributed by atoms with Gasteiger partial charge in [-0.15, -0.1) is 0 Å². The van der Waals surface area contributed by atoms with E-state index < -0.39 is 5.97 Å².